The van der Waals surface area contributed by atoms with E-state index in [-0.39, 0.29) is 31.1 Å². The fourth-order valence-electron chi connectivity index (χ4n) is 2.40. The summed E-state index contributed by atoms with van der Waals surface area (Å²) in [6, 6.07) is 6.63. The number of hydrogen-bond donors (Lipinski definition) is 1. The van der Waals surface area contributed by atoms with Crippen molar-refractivity contribution in [2.24, 2.45) is 11.8 Å². The molecule has 6 heteroatoms. The lowest BCUT2D eigenvalue weighted by molar-refractivity contribution is -0.151. The van der Waals surface area contributed by atoms with Crippen LogP contribution in [0, 0.1) is 11.8 Å². The third-order valence-corrected chi connectivity index (χ3v) is 3.67. The maximum absolute atomic E-state index is 12.3. The second kappa shape index (κ2) is 6.72. The Balaban J connectivity index is 2.07. The van der Waals surface area contributed by atoms with Crippen LogP contribution in [0.5, 0.6) is 0 Å². The van der Waals surface area contributed by atoms with Crippen molar-refractivity contribution < 1.29 is 19.1 Å². The molecule has 1 aliphatic carbocycles. The van der Waals surface area contributed by atoms with Crippen LogP contribution >= 0.6 is 11.6 Å². The lowest BCUT2D eigenvalue weighted by atomic mass is 9.95. The number of rotatable bonds is 4. The van der Waals surface area contributed by atoms with Crippen LogP contribution < -0.4 is 5.32 Å². The molecular weight excluding hydrogens is 294 g/mol. The summed E-state index contributed by atoms with van der Waals surface area (Å²) in [7, 11) is 0. The van der Waals surface area contributed by atoms with Crippen LogP contribution in [-0.2, 0) is 19.1 Å². The van der Waals surface area contributed by atoms with Crippen molar-refractivity contribution in [3.8, 4) is 0 Å². The van der Waals surface area contributed by atoms with Crippen LogP contribution in [-0.4, -0.2) is 24.3 Å². The van der Waals surface area contributed by atoms with E-state index in [1.54, 1.807) is 31.2 Å². The number of Topliss-reactive ketones (excluding diaryl/α,β-unsaturated/α-hetero) is 1. The Hall–Kier alpha value is -1.88. The van der Waals surface area contributed by atoms with Gasteiger partial charge in [-0.25, -0.2) is 0 Å². The Morgan fingerprint density at radius 2 is 1.86 bits per heavy atom. The third kappa shape index (κ3) is 3.82. The molecule has 1 aliphatic rings. The molecule has 0 unspecified atom stereocenters. The van der Waals surface area contributed by atoms with Crippen LogP contribution in [0.2, 0.25) is 5.02 Å². The van der Waals surface area contributed by atoms with Crippen molar-refractivity contribution in [2.45, 2.75) is 19.8 Å². The molecule has 0 heterocycles. The predicted octanol–water partition coefficient (Wildman–Crippen LogP) is 2.44. The Labute approximate surface area is 127 Å². The first-order valence-corrected chi connectivity index (χ1v) is 7.13. The van der Waals surface area contributed by atoms with Gasteiger partial charge in [-0.1, -0.05) is 11.6 Å². The fraction of sp³-hybridized carbons (Fsp3) is 0.400. The van der Waals surface area contributed by atoms with Crippen LogP contribution in [0.25, 0.3) is 0 Å². The molecule has 0 aliphatic heterocycles. The summed E-state index contributed by atoms with van der Waals surface area (Å²) in [6.07, 6.45) is 0.139. The van der Waals surface area contributed by atoms with Gasteiger partial charge in [-0.15, -0.1) is 0 Å². The van der Waals surface area contributed by atoms with E-state index >= 15 is 0 Å². The zero-order valence-electron chi connectivity index (χ0n) is 11.6. The highest BCUT2D eigenvalue weighted by molar-refractivity contribution is 6.30. The first-order chi connectivity index (χ1) is 10.0. The average Bonchev–Trinajstić information content (AvgIpc) is 2.84. The van der Waals surface area contributed by atoms with Gasteiger partial charge in [0.25, 0.3) is 0 Å². The van der Waals surface area contributed by atoms with E-state index in [2.05, 4.69) is 5.32 Å². The smallest absolute Gasteiger partial charge is 0.310 e. The second-order valence-electron chi connectivity index (χ2n) is 4.91. The third-order valence-electron chi connectivity index (χ3n) is 3.42. The first kappa shape index (κ1) is 15.5. The van der Waals surface area contributed by atoms with Crippen LogP contribution in [0.3, 0.4) is 0 Å². The lowest BCUT2D eigenvalue weighted by Gasteiger charge is -2.17. The number of carbonyl (C=O) groups is 3. The number of amides is 1. The number of carbonyl (C=O) groups excluding carboxylic acids is 3. The van der Waals surface area contributed by atoms with E-state index in [0.29, 0.717) is 10.7 Å². The predicted molar refractivity (Wildman–Crippen MR) is 77.9 cm³/mol. The van der Waals surface area contributed by atoms with E-state index < -0.39 is 17.8 Å². The molecular formula is C15H16ClNO4. The van der Waals surface area contributed by atoms with Gasteiger partial charge in [0, 0.05) is 23.6 Å². The summed E-state index contributed by atoms with van der Waals surface area (Å²) in [5.74, 6) is -2.29. The van der Waals surface area contributed by atoms with Crippen LogP contribution in [0.4, 0.5) is 5.69 Å². The van der Waals surface area contributed by atoms with Gasteiger partial charge in [-0.2, -0.15) is 0 Å². The summed E-state index contributed by atoms with van der Waals surface area (Å²) >= 11 is 5.78. The normalized spacial score (nSPS) is 21.1. The number of halogens is 1. The highest BCUT2D eigenvalue weighted by Crippen LogP contribution is 2.31. The molecule has 0 radical (unpaired) electrons. The lowest BCUT2D eigenvalue weighted by Crippen LogP contribution is -2.31. The number of anilines is 1. The van der Waals surface area contributed by atoms with Crippen molar-refractivity contribution in [3.63, 3.8) is 0 Å². The van der Waals surface area contributed by atoms with Crippen molar-refractivity contribution in [2.75, 3.05) is 11.9 Å². The minimum absolute atomic E-state index is 0.0670. The van der Waals surface area contributed by atoms with Crippen molar-refractivity contribution in [1.82, 2.24) is 0 Å². The molecule has 0 bridgehead atoms. The summed E-state index contributed by atoms with van der Waals surface area (Å²) in [5, 5.41) is 3.26. The van der Waals surface area contributed by atoms with Crippen molar-refractivity contribution in [1.29, 1.82) is 0 Å². The number of benzene rings is 1. The van der Waals surface area contributed by atoms with Gasteiger partial charge < -0.3 is 10.1 Å². The van der Waals surface area contributed by atoms with E-state index in [1.807, 2.05) is 0 Å². The molecule has 1 aromatic carbocycles. The molecule has 1 amide bonds. The summed E-state index contributed by atoms with van der Waals surface area (Å²) in [6.45, 7) is 1.92. The number of hydrogen-bond acceptors (Lipinski definition) is 4. The second-order valence-corrected chi connectivity index (χ2v) is 5.34. The molecule has 21 heavy (non-hydrogen) atoms. The molecule has 1 saturated carbocycles. The largest absolute Gasteiger partial charge is 0.466 e. The molecule has 1 fully saturated rings. The van der Waals surface area contributed by atoms with E-state index in [1.165, 1.54) is 0 Å². The first-order valence-electron chi connectivity index (χ1n) is 6.76. The monoisotopic (exact) mass is 309 g/mol. The summed E-state index contributed by atoms with van der Waals surface area (Å²) in [4.78, 5) is 35.7. The van der Waals surface area contributed by atoms with Crippen LogP contribution in [0.1, 0.15) is 19.8 Å². The molecule has 112 valence electrons. The van der Waals surface area contributed by atoms with Crippen molar-refractivity contribution >= 4 is 34.9 Å². The molecule has 1 aromatic rings. The van der Waals surface area contributed by atoms with Gasteiger partial charge in [0.2, 0.25) is 5.91 Å². The molecule has 1 N–H and O–H groups in total. The Kier molecular flexibility index (Phi) is 4.96. The van der Waals surface area contributed by atoms with E-state index in [0.717, 1.165) is 0 Å². The number of esters is 1. The van der Waals surface area contributed by atoms with Gasteiger partial charge in [-0.3, -0.25) is 14.4 Å². The minimum atomic E-state index is -0.690. The molecule has 0 spiro atoms. The highest BCUT2D eigenvalue weighted by atomic mass is 35.5. The Morgan fingerprint density at radius 1 is 1.24 bits per heavy atom. The molecule has 0 saturated heterocycles. The maximum Gasteiger partial charge on any atom is 0.310 e. The van der Waals surface area contributed by atoms with Gasteiger partial charge in [0.15, 0.2) is 0 Å². The SMILES string of the molecule is CCOC(=O)[C@H]1CC(=O)C[C@@H]1C(=O)Nc1ccc(Cl)cc1. The van der Waals surface area contributed by atoms with Gasteiger partial charge >= 0.3 is 5.97 Å². The topological polar surface area (TPSA) is 72.5 Å². The zero-order valence-corrected chi connectivity index (χ0v) is 12.4. The summed E-state index contributed by atoms with van der Waals surface area (Å²) < 4.78 is 4.93. The highest BCUT2D eigenvalue weighted by Gasteiger charge is 2.43. The van der Waals surface area contributed by atoms with Gasteiger partial charge in [-0.05, 0) is 31.2 Å². The quantitative estimate of drug-likeness (QED) is 0.867. The maximum atomic E-state index is 12.3. The molecule has 0 aromatic heterocycles. The molecule has 2 atom stereocenters. The Morgan fingerprint density at radius 3 is 2.48 bits per heavy atom. The summed E-state index contributed by atoms with van der Waals surface area (Å²) in [5.41, 5.74) is 0.575. The van der Waals surface area contributed by atoms with Crippen LogP contribution in [0.15, 0.2) is 24.3 Å². The molecule has 2 rings (SSSR count). The fourth-order valence-corrected chi connectivity index (χ4v) is 2.52. The van der Waals surface area contributed by atoms with Crippen molar-refractivity contribution in [3.05, 3.63) is 29.3 Å². The van der Waals surface area contributed by atoms with Gasteiger partial charge in [0.1, 0.15) is 5.78 Å². The minimum Gasteiger partial charge on any atom is -0.466 e. The zero-order chi connectivity index (χ0) is 15.4. The molecule has 5 nitrogen and oxygen atoms in total. The number of nitrogens with one attached hydrogen (secondary N) is 1. The average molecular weight is 310 g/mol. The van der Waals surface area contributed by atoms with E-state index in [9.17, 15) is 14.4 Å². The van der Waals surface area contributed by atoms with Gasteiger partial charge in [0.05, 0.1) is 18.4 Å². The Bertz CT molecular complexity index is 555. The van der Waals surface area contributed by atoms with E-state index in [4.69, 9.17) is 16.3 Å². The number of ether oxygens (including phenoxy) is 1. The standard InChI is InChI=1S/C15H16ClNO4/c1-2-21-15(20)13-8-11(18)7-12(13)14(19)17-10-5-3-9(16)4-6-10/h3-6,12-13H,2,7-8H2,1H3,(H,17,19)/t12-,13-/m0/s1. The number of ketones is 1.